The van der Waals surface area contributed by atoms with Crippen LogP contribution in [0.15, 0.2) is 65.7 Å². The molecule has 1 N–H and O–H groups in total. The number of nitrogens with one attached hydrogen (secondary N) is 1. The van der Waals surface area contributed by atoms with E-state index in [0.29, 0.717) is 25.9 Å². The van der Waals surface area contributed by atoms with Crippen molar-refractivity contribution in [2.24, 2.45) is 13.0 Å². The van der Waals surface area contributed by atoms with Crippen LogP contribution in [0, 0.1) is 5.92 Å². The molecule has 1 saturated heterocycles. The number of carbonyl (C=O) groups excluding carboxylic acids is 1. The molecule has 0 saturated carbocycles. The van der Waals surface area contributed by atoms with Crippen LogP contribution in [-0.2, 0) is 28.4 Å². The number of aryl methyl sites for hydroxylation is 1. The fourth-order valence-corrected chi connectivity index (χ4v) is 5.43. The number of amides is 1. The number of sulfonamides is 1. The van der Waals surface area contributed by atoms with Crippen LogP contribution in [0.2, 0.25) is 0 Å². The lowest BCUT2D eigenvalue weighted by molar-refractivity contribution is -0.126. The molecule has 152 valence electrons. The molecule has 3 aromatic rings. The fourth-order valence-electron chi connectivity index (χ4n) is 3.87. The van der Waals surface area contributed by atoms with Gasteiger partial charge in [-0.1, -0.05) is 30.3 Å². The number of hydrogen-bond acceptors (Lipinski definition) is 3. The number of aromatic nitrogens is 1. The summed E-state index contributed by atoms with van der Waals surface area (Å²) >= 11 is 0. The van der Waals surface area contributed by atoms with Gasteiger partial charge in [-0.25, -0.2) is 8.42 Å². The standard InChI is InChI=1S/C22H25N3O3S/c1-24-13-11-18-14-20(9-10-21(18)24)29(27,28)25-12-5-8-19(16-25)22(26)23-15-17-6-3-2-4-7-17/h2-4,6-7,9-11,13-14,19H,5,8,12,15-16H2,1H3,(H,23,26)/t19-/m1/s1. The topological polar surface area (TPSA) is 71.4 Å². The molecule has 0 radical (unpaired) electrons. The smallest absolute Gasteiger partial charge is 0.243 e. The minimum Gasteiger partial charge on any atom is -0.352 e. The third-order valence-electron chi connectivity index (χ3n) is 5.56. The molecule has 1 aliphatic heterocycles. The predicted octanol–water partition coefficient (Wildman–Crippen LogP) is 2.90. The van der Waals surface area contributed by atoms with Gasteiger partial charge in [-0.2, -0.15) is 4.31 Å². The second-order valence-electron chi connectivity index (χ2n) is 7.55. The maximum atomic E-state index is 13.2. The average Bonchev–Trinajstić information content (AvgIpc) is 3.13. The summed E-state index contributed by atoms with van der Waals surface area (Å²) in [6.07, 6.45) is 3.29. The molecule has 1 atom stereocenters. The van der Waals surface area contributed by atoms with E-state index in [1.54, 1.807) is 12.1 Å². The van der Waals surface area contributed by atoms with E-state index >= 15 is 0 Å². The lowest BCUT2D eigenvalue weighted by atomic mass is 9.99. The minimum absolute atomic E-state index is 0.0905. The third-order valence-corrected chi connectivity index (χ3v) is 7.42. The summed E-state index contributed by atoms with van der Waals surface area (Å²) in [7, 11) is -1.70. The van der Waals surface area contributed by atoms with Crippen LogP contribution in [0.1, 0.15) is 18.4 Å². The second-order valence-corrected chi connectivity index (χ2v) is 9.49. The Morgan fingerprint density at radius 2 is 1.93 bits per heavy atom. The zero-order valence-electron chi connectivity index (χ0n) is 16.4. The van der Waals surface area contributed by atoms with Gasteiger partial charge in [0, 0.05) is 43.8 Å². The quantitative estimate of drug-likeness (QED) is 0.702. The number of fused-ring (bicyclic) bond motifs is 1. The van der Waals surface area contributed by atoms with Crippen LogP contribution in [0.5, 0.6) is 0 Å². The highest BCUT2D eigenvalue weighted by atomic mass is 32.2. The van der Waals surface area contributed by atoms with Crippen LogP contribution in [-0.4, -0.2) is 36.3 Å². The van der Waals surface area contributed by atoms with Crippen molar-refractivity contribution in [2.75, 3.05) is 13.1 Å². The zero-order chi connectivity index (χ0) is 20.4. The second kappa shape index (κ2) is 8.00. The number of nitrogens with zero attached hydrogens (tertiary/aromatic N) is 2. The molecule has 0 unspecified atom stereocenters. The molecule has 0 spiro atoms. The molecule has 7 heteroatoms. The maximum Gasteiger partial charge on any atom is 0.243 e. The maximum absolute atomic E-state index is 13.2. The van der Waals surface area contributed by atoms with Gasteiger partial charge < -0.3 is 9.88 Å². The van der Waals surface area contributed by atoms with Crippen molar-refractivity contribution in [3.05, 3.63) is 66.4 Å². The fraction of sp³-hybridized carbons (Fsp3) is 0.318. The van der Waals surface area contributed by atoms with Gasteiger partial charge in [0.05, 0.1) is 10.8 Å². The Morgan fingerprint density at radius 1 is 1.14 bits per heavy atom. The first-order valence-electron chi connectivity index (χ1n) is 9.82. The summed E-state index contributed by atoms with van der Waals surface area (Å²) in [6.45, 7) is 1.11. The number of benzene rings is 2. The van der Waals surface area contributed by atoms with E-state index in [1.807, 2.05) is 60.3 Å². The van der Waals surface area contributed by atoms with E-state index in [9.17, 15) is 13.2 Å². The van der Waals surface area contributed by atoms with Crippen molar-refractivity contribution in [3.63, 3.8) is 0 Å². The summed E-state index contributed by atoms with van der Waals surface area (Å²) in [5.41, 5.74) is 2.01. The van der Waals surface area contributed by atoms with E-state index in [1.165, 1.54) is 4.31 Å². The first-order chi connectivity index (χ1) is 13.9. The summed E-state index contributed by atoms with van der Waals surface area (Å²) < 4.78 is 29.8. The van der Waals surface area contributed by atoms with Crippen molar-refractivity contribution >= 4 is 26.8 Å². The summed E-state index contributed by atoms with van der Waals surface area (Å²) in [6, 6.07) is 16.8. The Bertz CT molecular complexity index is 1120. The summed E-state index contributed by atoms with van der Waals surface area (Å²) in [4.78, 5) is 12.9. The van der Waals surface area contributed by atoms with Crippen LogP contribution in [0.3, 0.4) is 0 Å². The lowest BCUT2D eigenvalue weighted by Gasteiger charge is -2.31. The van der Waals surface area contributed by atoms with Crippen LogP contribution in [0.4, 0.5) is 0 Å². The first-order valence-corrected chi connectivity index (χ1v) is 11.3. The SMILES string of the molecule is Cn1ccc2cc(S(=O)(=O)N3CCC[C@@H](C(=O)NCc4ccccc4)C3)ccc21. The van der Waals surface area contributed by atoms with Crippen LogP contribution < -0.4 is 5.32 Å². The molecule has 1 amide bonds. The predicted molar refractivity (Wildman–Crippen MR) is 113 cm³/mol. The van der Waals surface area contributed by atoms with Gasteiger partial charge in [-0.05, 0) is 42.7 Å². The Hall–Kier alpha value is -2.64. The van der Waals surface area contributed by atoms with Crippen molar-refractivity contribution in [2.45, 2.75) is 24.3 Å². The molecule has 0 aliphatic carbocycles. The molecule has 1 aliphatic rings. The van der Waals surface area contributed by atoms with Crippen molar-refractivity contribution in [1.82, 2.24) is 14.2 Å². The van der Waals surface area contributed by atoms with Gasteiger partial charge in [0.1, 0.15) is 0 Å². The molecular weight excluding hydrogens is 386 g/mol. The van der Waals surface area contributed by atoms with Crippen molar-refractivity contribution in [3.8, 4) is 0 Å². The molecular formula is C22H25N3O3S. The van der Waals surface area contributed by atoms with E-state index in [4.69, 9.17) is 0 Å². The molecule has 6 nitrogen and oxygen atoms in total. The molecule has 1 aromatic heterocycles. The number of piperidine rings is 1. The Balaban J connectivity index is 1.46. The number of rotatable bonds is 5. The summed E-state index contributed by atoms with van der Waals surface area (Å²) in [5, 5.41) is 3.84. The van der Waals surface area contributed by atoms with E-state index < -0.39 is 10.0 Å². The van der Waals surface area contributed by atoms with Gasteiger partial charge in [-0.15, -0.1) is 0 Å². The largest absolute Gasteiger partial charge is 0.352 e. The monoisotopic (exact) mass is 411 g/mol. The highest BCUT2D eigenvalue weighted by Gasteiger charge is 2.33. The van der Waals surface area contributed by atoms with Crippen molar-refractivity contribution in [1.29, 1.82) is 0 Å². The van der Waals surface area contributed by atoms with E-state index in [-0.39, 0.29) is 23.3 Å². The Morgan fingerprint density at radius 3 is 2.72 bits per heavy atom. The first kappa shape index (κ1) is 19.7. The Labute approximate surface area is 171 Å². The van der Waals surface area contributed by atoms with Gasteiger partial charge in [0.15, 0.2) is 0 Å². The third kappa shape index (κ3) is 4.06. The van der Waals surface area contributed by atoms with Crippen LogP contribution in [0.25, 0.3) is 10.9 Å². The van der Waals surface area contributed by atoms with E-state index in [2.05, 4.69) is 5.32 Å². The highest BCUT2D eigenvalue weighted by molar-refractivity contribution is 7.89. The van der Waals surface area contributed by atoms with Gasteiger partial charge in [0.2, 0.25) is 15.9 Å². The lowest BCUT2D eigenvalue weighted by Crippen LogP contribution is -2.45. The normalized spacial score (nSPS) is 18.0. The van der Waals surface area contributed by atoms with Crippen molar-refractivity contribution < 1.29 is 13.2 Å². The molecule has 2 heterocycles. The Kier molecular flexibility index (Phi) is 5.43. The van der Waals surface area contributed by atoms with Gasteiger partial charge >= 0.3 is 0 Å². The molecule has 0 bridgehead atoms. The average molecular weight is 412 g/mol. The number of hydrogen-bond donors (Lipinski definition) is 1. The molecule has 29 heavy (non-hydrogen) atoms. The highest BCUT2D eigenvalue weighted by Crippen LogP contribution is 2.26. The summed E-state index contributed by atoms with van der Waals surface area (Å²) in [5.74, 6) is -0.421. The number of carbonyl (C=O) groups is 1. The molecule has 1 fully saturated rings. The van der Waals surface area contributed by atoms with E-state index in [0.717, 1.165) is 16.5 Å². The van der Waals surface area contributed by atoms with Gasteiger partial charge in [-0.3, -0.25) is 4.79 Å². The minimum atomic E-state index is -3.63. The molecule has 2 aromatic carbocycles. The zero-order valence-corrected chi connectivity index (χ0v) is 17.2. The van der Waals surface area contributed by atoms with Gasteiger partial charge in [0.25, 0.3) is 0 Å². The van der Waals surface area contributed by atoms with Crippen LogP contribution >= 0.6 is 0 Å². The molecule has 4 rings (SSSR count).